The van der Waals surface area contributed by atoms with Crippen molar-refractivity contribution in [3.8, 4) is 0 Å². The summed E-state index contributed by atoms with van der Waals surface area (Å²) in [7, 11) is 1.36. The van der Waals surface area contributed by atoms with Gasteiger partial charge in [0.15, 0.2) is 0 Å². The lowest BCUT2D eigenvalue weighted by Gasteiger charge is -2.09. The molecule has 0 saturated carbocycles. The third-order valence-corrected chi connectivity index (χ3v) is 3.11. The Morgan fingerprint density at radius 1 is 1.56 bits per heavy atom. The minimum absolute atomic E-state index is 0.354. The van der Waals surface area contributed by atoms with Gasteiger partial charge in [0.25, 0.3) is 0 Å². The van der Waals surface area contributed by atoms with E-state index in [0.29, 0.717) is 6.42 Å². The van der Waals surface area contributed by atoms with Crippen molar-refractivity contribution < 1.29 is 9.53 Å². The summed E-state index contributed by atoms with van der Waals surface area (Å²) in [6.45, 7) is 0. The number of carbonyl (C=O) groups excluding carboxylic acids is 1. The maximum atomic E-state index is 11.2. The van der Waals surface area contributed by atoms with Gasteiger partial charge in [-0.2, -0.15) is 0 Å². The number of hydrogen-bond donors (Lipinski definition) is 2. The van der Waals surface area contributed by atoms with Gasteiger partial charge in [0.1, 0.15) is 6.04 Å². The minimum atomic E-state index is -0.565. The summed E-state index contributed by atoms with van der Waals surface area (Å²) in [5.41, 5.74) is 9.47. The number of ether oxygens (including phenoxy) is 1. The SMILES string of the molecule is COC(=O)C(N)Cc1cc2c([nH]1)CCCC2. The highest BCUT2D eigenvalue weighted by molar-refractivity contribution is 5.75. The molecule has 0 bridgehead atoms. The van der Waals surface area contributed by atoms with Crippen LogP contribution in [0.4, 0.5) is 0 Å². The zero-order valence-corrected chi connectivity index (χ0v) is 9.58. The van der Waals surface area contributed by atoms with Gasteiger partial charge in [-0.15, -0.1) is 0 Å². The molecule has 2 rings (SSSR count). The molecule has 0 aromatic carbocycles. The molecule has 1 aromatic heterocycles. The summed E-state index contributed by atoms with van der Waals surface area (Å²) in [5.74, 6) is -0.354. The molecule has 88 valence electrons. The van der Waals surface area contributed by atoms with Crippen molar-refractivity contribution in [3.05, 3.63) is 23.0 Å². The first-order valence-corrected chi connectivity index (χ1v) is 5.73. The van der Waals surface area contributed by atoms with E-state index in [1.807, 2.05) is 0 Å². The highest BCUT2D eigenvalue weighted by Gasteiger charge is 2.18. The Hall–Kier alpha value is -1.29. The van der Waals surface area contributed by atoms with E-state index < -0.39 is 6.04 Å². The highest BCUT2D eigenvalue weighted by Crippen LogP contribution is 2.22. The molecule has 0 fully saturated rings. The number of carbonyl (C=O) groups is 1. The first kappa shape index (κ1) is 11.2. The van der Waals surface area contributed by atoms with E-state index in [2.05, 4.69) is 15.8 Å². The Balaban J connectivity index is 2.04. The van der Waals surface area contributed by atoms with Crippen LogP contribution in [0.15, 0.2) is 6.07 Å². The molecule has 1 aliphatic rings. The molecule has 0 spiro atoms. The Morgan fingerprint density at radius 3 is 3.00 bits per heavy atom. The molecule has 1 heterocycles. The predicted octanol–water partition coefficient (Wildman–Crippen LogP) is 0.936. The summed E-state index contributed by atoms with van der Waals surface area (Å²) < 4.78 is 4.61. The van der Waals surface area contributed by atoms with Gasteiger partial charge in [-0.05, 0) is 37.3 Å². The zero-order chi connectivity index (χ0) is 11.5. The van der Waals surface area contributed by atoms with Crippen LogP contribution in [0.3, 0.4) is 0 Å². The fourth-order valence-corrected chi connectivity index (χ4v) is 2.25. The third-order valence-electron chi connectivity index (χ3n) is 3.11. The van der Waals surface area contributed by atoms with Crippen LogP contribution in [0.25, 0.3) is 0 Å². The number of rotatable bonds is 3. The number of nitrogens with one attached hydrogen (secondary N) is 1. The van der Waals surface area contributed by atoms with Gasteiger partial charge >= 0.3 is 5.97 Å². The maximum absolute atomic E-state index is 11.2. The number of methoxy groups -OCH3 is 1. The maximum Gasteiger partial charge on any atom is 0.323 e. The lowest BCUT2D eigenvalue weighted by atomic mass is 9.98. The molecule has 3 N–H and O–H groups in total. The number of fused-ring (bicyclic) bond motifs is 1. The van der Waals surface area contributed by atoms with Crippen molar-refractivity contribution in [3.63, 3.8) is 0 Å². The molecule has 0 radical (unpaired) electrons. The fraction of sp³-hybridized carbons (Fsp3) is 0.583. The average molecular weight is 222 g/mol. The fourth-order valence-electron chi connectivity index (χ4n) is 2.25. The standard InChI is InChI=1S/C12H18N2O2/c1-16-12(15)10(13)7-9-6-8-4-2-3-5-11(8)14-9/h6,10,14H,2-5,7,13H2,1H3. The molecule has 4 heteroatoms. The Bertz CT molecular complexity index is 361. The van der Waals surface area contributed by atoms with Crippen LogP contribution in [-0.2, 0) is 28.8 Å². The molecule has 1 atom stereocenters. The quantitative estimate of drug-likeness (QED) is 0.748. The van der Waals surface area contributed by atoms with Crippen molar-refractivity contribution in [2.75, 3.05) is 7.11 Å². The van der Waals surface area contributed by atoms with Crippen molar-refractivity contribution in [1.29, 1.82) is 0 Å². The van der Waals surface area contributed by atoms with Gasteiger partial charge < -0.3 is 15.5 Å². The lowest BCUT2D eigenvalue weighted by molar-refractivity contribution is -0.142. The van der Waals surface area contributed by atoms with Crippen LogP contribution in [-0.4, -0.2) is 24.1 Å². The van der Waals surface area contributed by atoms with Crippen molar-refractivity contribution in [1.82, 2.24) is 4.98 Å². The Kier molecular flexibility index (Phi) is 3.29. The monoisotopic (exact) mass is 222 g/mol. The molecule has 16 heavy (non-hydrogen) atoms. The molecule has 0 amide bonds. The van der Waals surface area contributed by atoms with Crippen LogP contribution in [0.1, 0.15) is 29.8 Å². The van der Waals surface area contributed by atoms with Gasteiger partial charge in [0, 0.05) is 17.8 Å². The van der Waals surface area contributed by atoms with Crippen molar-refractivity contribution in [2.45, 2.75) is 38.1 Å². The average Bonchev–Trinajstić information content (AvgIpc) is 2.69. The number of esters is 1. The normalized spacial score (nSPS) is 16.6. The van der Waals surface area contributed by atoms with E-state index in [1.54, 1.807) is 0 Å². The first-order valence-electron chi connectivity index (χ1n) is 5.73. The van der Waals surface area contributed by atoms with Crippen molar-refractivity contribution in [2.24, 2.45) is 5.73 Å². The molecule has 4 nitrogen and oxygen atoms in total. The largest absolute Gasteiger partial charge is 0.468 e. The summed E-state index contributed by atoms with van der Waals surface area (Å²) in [5, 5.41) is 0. The molecule has 0 aliphatic heterocycles. The first-order chi connectivity index (χ1) is 7.70. The lowest BCUT2D eigenvalue weighted by Crippen LogP contribution is -2.33. The van der Waals surface area contributed by atoms with E-state index in [0.717, 1.165) is 18.5 Å². The molecular weight excluding hydrogens is 204 g/mol. The van der Waals surface area contributed by atoms with Gasteiger partial charge in [0.2, 0.25) is 0 Å². The summed E-state index contributed by atoms with van der Waals surface area (Å²) in [4.78, 5) is 14.6. The molecule has 0 saturated heterocycles. The van der Waals surface area contributed by atoms with Gasteiger partial charge in [0.05, 0.1) is 7.11 Å². The van der Waals surface area contributed by atoms with E-state index >= 15 is 0 Å². The Labute approximate surface area is 95.2 Å². The number of nitrogens with two attached hydrogens (primary N) is 1. The Morgan fingerprint density at radius 2 is 2.31 bits per heavy atom. The van der Waals surface area contributed by atoms with E-state index in [9.17, 15) is 4.79 Å². The molecule has 1 aliphatic carbocycles. The topological polar surface area (TPSA) is 68.1 Å². The molecule has 1 aromatic rings. The number of aromatic amines is 1. The summed E-state index contributed by atoms with van der Waals surface area (Å²) in [6.07, 6.45) is 5.28. The highest BCUT2D eigenvalue weighted by atomic mass is 16.5. The number of hydrogen-bond acceptors (Lipinski definition) is 3. The van der Waals surface area contributed by atoms with Crippen LogP contribution >= 0.6 is 0 Å². The molecule has 1 unspecified atom stereocenters. The third kappa shape index (κ3) is 2.27. The summed E-state index contributed by atoms with van der Waals surface area (Å²) >= 11 is 0. The minimum Gasteiger partial charge on any atom is -0.468 e. The van der Waals surface area contributed by atoms with Gasteiger partial charge in [-0.25, -0.2) is 0 Å². The predicted molar refractivity (Wildman–Crippen MR) is 61.1 cm³/mol. The number of aromatic nitrogens is 1. The second kappa shape index (κ2) is 4.70. The zero-order valence-electron chi connectivity index (χ0n) is 9.58. The number of H-pyrrole nitrogens is 1. The number of aryl methyl sites for hydroxylation is 2. The smallest absolute Gasteiger partial charge is 0.323 e. The van der Waals surface area contributed by atoms with Gasteiger partial charge in [-0.3, -0.25) is 4.79 Å². The van der Waals surface area contributed by atoms with Crippen molar-refractivity contribution >= 4 is 5.97 Å². The van der Waals surface area contributed by atoms with Crippen LogP contribution in [0.5, 0.6) is 0 Å². The van der Waals surface area contributed by atoms with Gasteiger partial charge in [-0.1, -0.05) is 0 Å². The molecular formula is C12H18N2O2. The summed E-state index contributed by atoms with van der Waals surface area (Å²) in [6, 6.07) is 1.57. The van der Waals surface area contributed by atoms with E-state index in [4.69, 9.17) is 5.73 Å². The van der Waals surface area contributed by atoms with Crippen LogP contribution < -0.4 is 5.73 Å². The van der Waals surface area contributed by atoms with E-state index in [-0.39, 0.29) is 5.97 Å². The van der Waals surface area contributed by atoms with Crippen LogP contribution in [0.2, 0.25) is 0 Å². The van der Waals surface area contributed by atoms with Crippen LogP contribution in [0, 0.1) is 0 Å². The second-order valence-corrected chi connectivity index (χ2v) is 4.34. The second-order valence-electron chi connectivity index (χ2n) is 4.34. The van der Waals surface area contributed by atoms with E-state index in [1.165, 1.54) is 31.2 Å².